The third kappa shape index (κ3) is 4.22. The number of hydrogen-bond acceptors (Lipinski definition) is 6. The minimum absolute atomic E-state index is 0.0125. The van der Waals surface area contributed by atoms with Crippen LogP contribution in [0.25, 0.3) is 22.4 Å². The molecule has 1 N–H and O–H groups in total. The average molecular weight is 439 g/mol. The summed E-state index contributed by atoms with van der Waals surface area (Å²) in [6, 6.07) is 13.1. The van der Waals surface area contributed by atoms with Crippen LogP contribution >= 0.6 is 0 Å². The number of hydrogen-bond donors (Lipinski definition) is 1. The highest BCUT2D eigenvalue weighted by molar-refractivity contribution is 6.14. The molecule has 0 radical (unpaired) electrons. The minimum Gasteiger partial charge on any atom is -0.497 e. The van der Waals surface area contributed by atoms with Gasteiger partial charge in [0.1, 0.15) is 17.2 Å². The molecule has 0 saturated carbocycles. The lowest BCUT2D eigenvalue weighted by Crippen LogP contribution is -2.14. The molecule has 0 aliphatic heterocycles. The van der Waals surface area contributed by atoms with Crippen molar-refractivity contribution in [1.82, 2.24) is 10.1 Å². The molecule has 0 spiro atoms. The maximum atomic E-state index is 13.2. The second-order valence-electron chi connectivity index (χ2n) is 7.06. The van der Waals surface area contributed by atoms with Crippen molar-refractivity contribution in [2.45, 2.75) is 20.5 Å². The van der Waals surface area contributed by atoms with Crippen LogP contribution in [0.5, 0.6) is 11.5 Å². The molecule has 9 heteroatoms. The molecule has 0 aliphatic carbocycles. The summed E-state index contributed by atoms with van der Waals surface area (Å²) in [5.41, 5.74) is 3.37. The second kappa shape index (κ2) is 8.62. The summed E-state index contributed by atoms with van der Waals surface area (Å²) in [4.78, 5) is 17.5. The van der Waals surface area contributed by atoms with E-state index in [-0.39, 0.29) is 11.5 Å². The van der Waals surface area contributed by atoms with Crippen LogP contribution in [0.2, 0.25) is 0 Å². The topological polar surface area (TPSA) is 86.5 Å². The van der Waals surface area contributed by atoms with Crippen molar-refractivity contribution >= 4 is 22.7 Å². The van der Waals surface area contributed by atoms with Gasteiger partial charge >= 0.3 is 6.61 Å². The minimum atomic E-state index is -2.92. The maximum absolute atomic E-state index is 13.2. The summed E-state index contributed by atoms with van der Waals surface area (Å²) in [6.07, 6.45) is 0. The number of aryl methyl sites for hydroxylation is 2. The number of nitrogens with zero attached hydrogens (tertiary/aromatic N) is 2. The zero-order valence-electron chi connectivity index (χ0n) is 17.5. The molecule has 2 heterocycles. The standard InChI is InChI=1S/C23H19F2N3O4/c1-12-10-16(31-23(24)25)8-9-18(12)27-21(29)17-11-13(2)26-22-19(17)20(28-32-22)14-4-6-15(30-3)7-5-14/h4-11,23H,1-3H3,(H,27,29). The molecule has 2 aromatic carbocycles. The highest BCUT2D eigenvalue weighted by atomic mass is 19.3. The van der Waals surface area contributed by atoms with E-state index in [0.29, 0.717) is 39.3 Å². The normalized spacial score (nSPS) is 11.1. The summed E-state index contributed by atoms with van der Waals surface area (Å²) in [5.74, 6) is 0.283. The monoisotopic (exact) mass is 439 g/mol. The summed E-state index contributed by atoms with van der Waals surface area (Å²) in [7, 11) is 1.57. The van der Waals surface area contributed by atoms with Gasteiger partial charge in [0.2, 0.25) is 0 Å². The van der Waals surface area contributed by atoms with E-state index >= 15 is 0 Å². The summed E-state index contributed by atoms with van der Waals surface area (Å²) in [5, 5.41) is 7.40. The molecule has 0 atom stereocenters. The molecule has 32 heavy (non-hydrogen) atoms. The number of ether oxygens (including phenoxy) is 2. The molecular weight excluding hydrogens is 420 g/mol. The van der Waals surface area contributed by atoms with E-state index in [9.17, 15) is 13.6 Å². The Morgan fingerprint density at radius 2 is 1.78 bits per heavy atom. The van der Waals surface area contributed by atoms with E-state index in [1.54, 1.807) is 39.2 Å². The molecule has 4 rings (SSSR count). The Balaban J connectivity index is 1.72. The number of halogens is 2. The number of fused-ring (bicyclic) bond motifs is 1. The van der Waals surface area contributed by atoms with Crippen molar-refractivity contribution in [3.05, 3.63) is 65.4 Å². The quantitative estimate of drug-likeness (QED) is 0.435. The number of benzene rings is 2. The first-order valence-corrected chi connectivity index (χ1v) is 9.64. The highest BCUT2D eigenvalue weighted by Crippen LogP contribution is 2.32. The van der Waals surface area contributed by atoms with Crippen LogP contribution in [-0.4, -0.2) is 29.8 Å². The smallest absolute Gasteiger partial charge is 0.387 e. The fourth-order valence-corrected chi connectivity index (χ4v) is 3.34. The van der Waals surface area contributed by atoms with Gasteiger partial charge in [-0.3, -0.25) is 4.79 Å². The van der Waals surface area contributed by atoms with Gasteiger partial charge < -0.3 is 19.3 Å². The molecule has 0 fully saturated rings. The third-order valence-corrected chi connectivity index (χ3v) is 4.85. The van der Waals surface area contributed by atoms with Crippen LogP contribution in [0.15, 0.2) is 53.1 Å². The van der Waals surface area contributed by atoms with Crippen molar-refractivity contribution in [2.75, 3.05) is 12.4 Å². The Morgan fingerprint density at radius 3 is 2.44 bits per heavy atom. The molecule has 164 valence electrons. The molecule has 0 aliphatic rings. The number of carbonyl (C=O) groups is 1. The molecule has 2 aromatic heterocycles. The van der Waals surface area contributed by atoms with Crippen LogP contribution in [0, 0.1) is 13.8 Å². The van der Waals surface area contributed by atoms with Crippen LogP contribution in [0.3, 0.4) is 0 Å². The van der Waals surface area contributed by atoms with Gasteiger partial charge in [-0.25, -0.2) is 4.98 Å². The molecule has 0 saturated heterocycles. The third-order valence-electron chi connectivity index (χ3n) is 4.85. The van der Waals surface area contributed by atoms with Gasteiger partial charge in [-0.1, -0.05) is 5.16 Å². The van der Waals surface area contributed by atoms with Gasteiger partial charge in [-0.05, 0) is 67.9 Å². The number of rotatable bonds is 6. The molecule has 1 amide bonds. The van der Waals surface area contributed by atoms with Gasteiger partial charge in [0.15, 0.2) is 0 Å². The van der Waals surface area contributed by atoms with Crippen molar-refractivity contribution in [1.29, 1.82) is 0 Å². The van der Waals surface area contributed by atoms with Crippen molar-refractivity contribution in [3.8, 4) is 22.8 Å². The SMILES string of the molecule is COc1ccc(-c2noc3nc(C)cc(C(=O)Nc4ccc(OC(F)F)cc4C)c23)cc1. The van der Waals surface area contributed by atoms with E-state index in [1.807, 2.05) is 12.1 Å². The molecular formula is C23H19F2N3O4. The van der Waals surface area contributed by atoms with Crippen molar-refractivity contribution in [2.24, 2.45) is 0 Å². The van der Waals surface area contributed by atoms with Crippen LogP contribution in [0.4, 0.5) is 14.5 Å². The van der Waals surface area contributed by atoms with Gasteiger partial charge in [0, 0.05) is 16.9 Å². The Labute approximate surface area is 182 Å². The number of anilines is 1. The molecule has 7 nitrogen and oxygen atoms in total. The number of methoxy groups -OCH3 is 1. The summed E-state index contributed by atoms with van der Waals surface area (Å²) >= 11 is 0. The number of amides is 1. The Hall–Kier alpha value is -4.01. The lowest BCUT2D eigenvalue weighted by atomic mass is 10.0. The van der Waals surface area contributed by atoms with Crippen LogP contribution in [0.1, 0.15) is 21.6 Å². The predicted octanol–water partition coefficient (Wildman–Crippen LogP) is 5.37. The zero-order chi connectivity index (χ0) is 22.8. The van der Waals surface area contributed by atoms with Crippen molar-refractivity contribution < 1.29 is 27.6 Å². The first kappa shape index (κ1) is 21.2. The van der Waals surface area contributed by atoms with E-state index in [2.05, 4.69) is 20.2 Å². The van der Waals surface area contributed by atoms with Crippen molar-refractivity contribution in [3.63, 3.8) is 0 Å². The number of nitrogens with one attached hydrogen (secondary N) is 1. The van der Waals surface area contributed by atoms with Gasteiger partial charge in [-0.2, -0.15) is 8.78 Å². The number of aromatic nitrogens is 2. The summed E-state index contributed by atoms with van der Waals surface area (Å²) in [6.45, 7) is 0.504. The number of carbonyl (C=O) groups excluding carboxylic acids is 1. The Morgan fingerprint density at radius 1 is 1.06 bits per heavy atom. The van der Waals surface area contributed by atoms with E-state index in [4.69, 9.17) is 9.26 Å². The Bertz CT molecular complexity index is 1290. The average Bonchev–Trinajstić information content (AvgIpc) is 3.18. The number of alkyl halides is 2. The second-order valence-corrected chi connectivity index (χ2v) is 7.06. The zero-order valence-corrected chi connectivity index (χ0v) is 17.5. The summed E-state index contributed by atoms with van der Waals surface area (Å²) < 4.78 is 39.9. The predicted molar refractivity (Wildman–Crippen MR) is 114 cm³/mol. The molecule has 0 unspecified atom stereocenters. The molecule has 0 bridgehead atoms. The van der Waals surface area contributed by atoms with Gasteiger partial charge in [-0.15, -0.1) is 0 Å². The lowest BCUT2D eigenvalue weighted by molar-refractivity contribution is -0.0498. The fourth-order valence-electron chi connectivity index (χ4n) is 3.34. The van der Waals surface area contributed by atoms with Gasteiger partial charge in [0.25, 0.3) is 11.6 Å². The van der Waals surface area contributed by atoms with E-state index in [1.165, 1.54) is 18.2 Å². The maximum Gasteiger partial charge on any atom is 0.387 e. The number of pyridine rings is 1. The Kier molecular flexibility index (Phi) is 5.72. The van der Waals surface area contributed by atoms with E-state index in [0.717, 1.165) is 5.56 Å². The lowest BCUT2D eigenvalue weighted by Gasteiger charge is -2.12. The largest absolute Gasteiger partial charge is 0.497 e. The van der Waals surface area contributed by atoms with Crippen LogP contribution < -0.4 is 14.8 Å². The highest BCUT2D eigenvalue weighted by Gasteiger charge is 2.21. The van der Waals surface area contributed by atoms with Gasteiger partial charge in [0.05, 0.1) is 18.1 Å². The first-order chi connectivity index (χ1) is 15.4. The van der Waals surface area contributed by atoms with E-state index < -0.39 is 12.5 Å². The fraction of sp³-hybridized carbons (Fsp3) is 0.174. The first-order valence-electron chi connectivity index (χ1n) is 9.64. The molecule has 4 aromatic rings. The van der Waals surface area contributed by atoms with Crippen LogP contribution in [-0.2, 0) is 0 Å².